The molecule has 0 saturated heterocycles. The van der Waals surface area contributed by atoms with Crippen molar-refractivity contribution in [2.45, 2.75) is 26.2 Å². The summed E-state index contributed by atoms with van der Waals surface area (Å²) < 4.78 is 0. The number of rotatable bonds is 4. The van der Waals surface area contributed by atoms with E-state index >= 15 is 0 Å². The summed E-state index contributed by atoms with van der Waals surface area (Å²) in [5, 5.41) is 3.25. The van der Waals surface area contributed by atoms with Crippen molar-refractivity contribution < 1.29 is 4.79 Å². The molecule has 14 heavy (non-hydrogen) atoms. The zero-order chi connectivity index (χ0) is 10.6. The van der Waals surface area contributed by atoms with Gasteiger partial charge in [-0.1, -0.05) is 19.8 Å². The first-order valence-electron chi connectivity index (χ1n) is 5.52. The van der Waals surface area contributed by atoms with Crippen LogP contribution in [0.1, 0.15) is 26.2 Å². The first-order chi connectivity index (χ1) is 6.61. The third kappa shape index (κ3) is 3.29. The van der Waals surface area contributed by atoms with E-state index in [0.29, 0.717) is 6.54 Å². The highest BCUT2D eigenvalue weighted by atomic mass is 16.2. The van der Waals surface area contributed by atoms with Crippen LogP contribution in [0.3, 0.4) is 0 Å². The van der Waals surface area contributed by atoms with Gasteiger partial charge in [-0.25, -0.2) is 0 Å². The molecule has 0 spiro atoms. The molecule has 3 nitrogen and oxygen atoms in total. The molecule has 1 aliphatic carbocycles. The second-order valence-electron chi connectivity index (χ2n) is 4.59. The van der Waals surface area contributed by atoms with Crippen LogP contribution in [0.5, 0.6) is 0 Å². The number of hydrogen-bond donors (Lipinski definition) is 1. The van der Waals surface area contributed by atoms with E-state index in [2.05, 4.69) is 12.2 Å². The van der Waals surface area contributed by atoms with Gasteiger partial charge >= 0.3 is 0 Å². The highest BCUT2D eigenvalue weighted by Gasteiger charge is 2.22. The summed E-state index contributed by atoms with van der Waals surface area (Å²) in [5.74, 6) is 1.78. The predicted octanol–water partition coefficient (Wildman–Crippen LogP) is 1.10. The molecular weight excluding hydrogens is 176 g/mol. The molecule has 1 aliphatic rings. The Balaban J connectivity index is 2.12. The molecule has 0 heterocycles. The van der Waals surface area contributed by atoms with Crippen molar-refractivity contribution in [2.75, 3.05) is 27.2 Å². The van der Waals surface area contributed by atoms with E-state index in [1.165, 1.54) is 19.3 Å². The number of hydrogen-bond acceptors (Lipinski definition) is 2. The first-order valence-corrected chi connectivity index (χ1v) is 5.52. The minimum atomic E-state index is 0.163. The van der Waals surface area contributed by atoms with Crippen LogP contribution in [0.25, 0.3) is 0 Å². The maximum Gasteiger partial charge on any atom is 0.236 e. The number of nitrogens with zero attached hydrogens (tertiary/aromatic N) is 1. The van der Waals surface area contributed by atoms with E-state index in [0.717, 1.165) is 18.4 Å². The van der Waals surface area contributed by atoms with Crippen LogP contribution < -0.4 is 5.32 Å². The Morgan fingerprint density at radius 2 is 2.14 bits per heavy atom. The minimum Gasteiger partial charge on any atom is -0.348 e. The van der Waals surface area contributed by atoms with Gasteiger partial charge in [0.15, 0.2) is 0 Å². The summed E-state index contributed by atoms with van der Waals surface area (Å²) in [6.07, 6.45) is 4.04. The van der Waals surface area contributed by atoms with E-state index < -0.39 is 0 Å². The lowest BCUT2D eigenvalue weighted by Crippen LogP contribution is -2.35. The van der Waals surface area contributed by atoms with Crippen LogP contribution in [-0.4, -0.2) is 38.0 Å². The summed E-state index contributed by atoms with van der Waals surface area (Å²) in [4.78, 5) is 12.9. The molecule has 0 radical (unpaired) electrons. The second kappa shape index (κ2) is 5.35. The Bertz CT molecular complexity index is 192. The molecule has 0 aliphatic heterocycles. The maximum absolute atomic E-state index is 11.3. The maximum atomic E-state index is 11.3. The topological polar surface area (TPSA) is 32.3 Å². The van der Waals surface area contributed by atoms with Crippen molar-refractivity contribution in [1.29, 1.82) is 0 Å². The van der Waals surface area contributed by atoms with Gasteiger partial charge in [-0.2, -0.15) is 0 Å². The van der Waals surface area contributed by atoms with E-state index in [-0.39, 0.29) is 5.91 Å². The molecule has 3 heteroatoms. The van der Waals surface area contributed by atoms with Crippen molar-refractivity contribution >= 4 is 5.91 Å². The van der Waals surface area contributed by atoms with Crippen LogP contribution in [0.4, 0.5) is 0 Å². The Morgan fingerprint density at radius 3 is 2.64 bits per heavy atom. The van der Waals surface area contributed by atoms with Crippen LogP contribution >= 0.6 is 0 Å². The molecule has 0 bridgehead atoms. The molecule has 82 valence electrons. The predicted molar refractivity (Wildman–Crippen MR) is 58.1 cm³/mol. The van der Waals surface area contributed by atoms with Crippen LogP contribution in [0, 0.1) is 11.8 Å². The summed E-state index contributed by atoms with van der Waals surface area (Å²) in [7, 11) is 3.59. The van der Waals surface area contributed by atoms with Crippen LogP contribution in [0.2, 0.25) is 0 Å². The Kier molecular flexibility index (Phi) is 4.39. The smallest absolute Gasteiger partial charge is 0.236 e. The molecule has 1 rings (SSSR count). The van der Waals surface area contributed by atoms with Crippen molar-refractivity contribution in [3.8, 4) is 0 Å². The molecule has 0 aromatic rings. The minimum absolute atomic E-state index is 0.163. The van der Waals surface area contributed by atoms with Crippen LogP contribution in [0.15, 0.2) is 0 Å². The Hall–Kier alpha value is -0.570. The molecule has 1 saturated carbocycles. The summed E-state index contributed by atoms with van der Waals surface area (Å²) in [5.41, 5.74) is 0. The Morgan fingerprint density at radius 1 is 1.43 bits per heavy atom. The van der Waals surface area contributed by atoms with Crippen LogP contribution in [-0.2, 0) is 4.79 Å². The van der Waals surface area contributed by atoms with E-state index in [4.69, 9.17) is 0 Å². The normalized spacial score (nSPS) is 26.5. The molecule has 2 atom stereocenters. The third-order valence-electron chi connectivity index (χ3n) is 3.22. The fourth-order valence-corrected chi connectivity index (χ4v) is 2.05. The molecule has 2 unspecified atom stereocenters. The lowest BCUT2D eigenvalue weighted by Gasteiger charge is -2.17. The van der Waals surface area contributed by atoms with Crippen molar-refractivity contribution in [3.63, 3.8) is 0 Å². The number of nitrogens with one attached hydrogen (secondary N) is 1. The van der Waals surface area contributed by atoms with Crippen molar-refractivity contribution in [3.05, 3.63) is 0 Å². The molecular formula is C11H22N2O. The van der Waals surface area contributed by atoms with E-state index in [9.17, 15) is 4.79 Å². The largest absolute Gasteiger partial charge is 0.348 e. The van der Waals surface area contributed by atoms with Gasteiger partial charge < -0.3 is 10.2 Å². The third-order valence-corrected chi connectivity index (χ3v) is 3.22. The number of carbonyl (C=O) groups is 1. The zero-order valence-corrected chi connectivity index (χ0v) is 9.55. The molecule has 0 aromatic carbocycles. The van der Waals surface area contributed by atoms with Crippen molar-refractivity contribution in [1.82, 2.24) is 10.2 Å². The van der Waals surface area contributed by atoms with Crippen molar-refractivity contribution in [2.24, 2.45) is 11.8 Å². The van der Waals surface area contributed by atoms with Gasteiger partial charge in [0.05, 0.1) is 6.54 Å². The number of carbonyl (C=O) groups excluding carboxylic acids is 1. The standard InChI is InChI=1S/C11H22N2O/c1-9-5-4-6-10(9)7-12-8-11(14)13(2)3/h9-10,12H,4-8H2,1-3H3. The Labute approximate surface area is 86.9 Å². The monoisotopic (exact) mass is 198 g/mol. The van der Waals surface area contributed by atoms with Gasteiger partial charge in [0.1, 0.15) is 0 Å². The highest BCUT2D eigenvalue weighted by Crippen LogP contribution is 2.30. The average Bonchev–Trinajstić information content (AvgIpc) is 2.51. The lowest BCUT2D eigenvalue weighted by atomic mass is 9.98. The van der Waals surface area contributed by atoms with Gasteiger partial charge in [0, 0.05) is 14.1 Å². The lowest BCUT2D eigenvalue weighted by molar-refractivity contribution is -0.127. The van der Waals surface area contributed by atoms with Gasteiger partial charge in [-0.05, 0) is 24.8 Å². The van der Waals surface area contributed by atoms with Gasteiger partial charge in [0.25, 0.3) is 0 Å². The summed E-state index contributed by atoms with van der Waals surface area (Å²) >= 11 is 0. The molecule has 1 N–H and O–H groups in total. The molecule has 0 aromatic heterocycles. The van der Waals surface area contributed by atoms with Gasteiger partial charge in [-0.15, -0.1) is 0 Å². The summed E-state index contributed by atoms with van der Waals surface area (Å²) in [6.45, 7) is 3.80. The second-order valence-corrected chi connectivity index (χ2v) is 4.59. The summed E-state index contributed by atoms with van der Waals surface area (Å²) in [6, 6.07) is 0. The molecule has 1 amide bonds. The number of likely N-dealkylation sites (N-methyl/N-ethyl adjacent to an activating group) is 1. The fraction of sp³-hybridized carbons (Fsp3) is 0.909. The van der Waals surface area contributed by atoms with E-state index in [1.807, 2.05) is 0 Å². The zero-order valence-electron chi connectivity index (χ0n) is 9.55. The number of amides is 1. The SMILES string of the molecule is CC1CCCC1CNCC(=O)N(C)C. The first kappa shape index (κ1) is 11.5. The van der Waals surface area contributed by atoms with Gasteiger partial charge in [-0.3, -0.25) is 4.79 Å². The van der Waals surface area contributed by atoms with Gasteiger partial charge in [0.2, 0.25) is 5.91 Å². The van der Waals surface area contributed by atoms with E-state index in [1.54, 1.807) is 19.0 Å². The molecule has 1 fully saturated rings. The fourth-order valence-electron chi connectivity index (χ4n) is 2.05. The highest BCUT2D eigenvalue weighted by molar-refractivity contribution is 5.77. The quantitative estimate of drug-likeness (QED) is 0.733. The average molecular weight is 198 g/mol.